The molecule has 0 saturated heterocycles. The van der Waals surface area contributed by atoms with Gasteiger partial charge in [-0.1, -0.05) is 50.9 Å². The largest absolute Gasteiger partial charge is 0.468 e. The predicted molar refractivity (Wildman–Crippen MR) is 74.7 cm³/mol. The molecule has 2 N–H and O–H groups in total. The summed E-state index contributed by atoms with van der Waals surface area (Å²) in [7, 11) is 0.886. The van der Waals surface area contributed by atoms with E-state index in [1.165, 1.54) is 0 Å². The Morgan fingerprint density at radius 2 is 2.05 bits per heavy atom. The molecule has 1 aromatic carbocycles. The average molecular weight is 274 g/mol. The quantitative estimate of drug-likeness (QED) is 0.805. The summed E-state index contributed by atoms with van der Waals surface area (Å²) in [5, 5.41) is 12.1. The number of carbonyl (C=O) groups excluding carboxylic acids is 1. The van der Waals surface area contributed by atoms with Crippen LogP contribution in [0.15, 0.2) is 30.3 Å². The maximum absolute atomic E-state index is 12.5. The van der Waals surface area contributed by atoms with Crippen LogP contribution in [-0.2, 0) is 9.53 Å². The van der Waals surface area contributed by atoms with E-state index in [2.05, 4.69) is 10.1 Å². The monoisotopic (exact) mass is 274 g/mol. The Bertz CT molecular complexity index is 619. The van der Waals surface area contributed by atoms with Crippen LogP contribution in [0.2, 0.25) is 0 Å². The predicted octanol–water partition coefficient (Wildman–Crippen LogP) is 1.90. The van der Waals surface area contributed by atoms with Crippen molar-refractivity contribution in [1.82, 2.24) is 5.32 Å². The highest BCUT2D eigenvalue weighted by atomic mass is 16.5. The fourth-order valence-corrected chi connectivity index (χ4v) is 1.63. The Labute approximate surface area is 127 Å². The number of nitrogens with one attached hydrogen (secondary N) is 1. The van der Waals surface area contributed by atoms with Gasteiger partial charge in [-0.05, 0) is 11.0 Å². The van der Waals surface area contributed by atoms with E-state index in [-0.39, 0.29) is 0 Å². The van der Waals surface area contributed by atoms with Gasteiger partial charge in [0, 0.05) is 12.3 Å². The molecule has 0 saturated carbocycles. The van der Waals surface area contributed by atoms with Gasteiger partial charge in [0.1, 0.15) is 6.04 Å². The van der Waals surface area contributed by atoms with Crippen LogP contribution in [0, 0.1) is 5.41 Å². The Balaban J connectivity index is 3.71. The fourth-order valence-electron chi connectivity index (χ4n) is 1.63. The lowest BCUT2D eigenvalue weighted by Crippen LogP contribution is -2.49. The highest BCUT2D eigenvalue weighted by Gasteiger charge is 2.34. The Morgan fingerprint density at radius 1 is 1.42 bits per heavy atom. The summed E-state index contributed by atoms with van der Waals surface area (Å²) in [5.74, 6) is -1.38. The third-order valence-corrected chi connectivity index (χ3v) is 2.62. The van der Waals surface area contributed by atoms with Crippen LogP contribution >= 0.6 is 0 Å². The Kier molecular flexibility index (Phi) is 2.41. The Hall–Kier alpha value is -1.39. The van der Waals surface area contributed by atoms with Crippen LogP contribution < -0.4 is 5.32 Å². The highest BCUT2D eigenvalue weighted by molar-refractivity contribution is 5.76. The zero-order valence-corrected chi connectivity index (χ0v) is 10.5. The van der Waals surface area contributed by atoms with Crippen LogP contribution in [0.1, 0.15) is 44.5 Å². The van der Waals surface area contributed by atoms with E-state index in [0.717, 1.165) is 7.11 Å². The van der Waals surface area contributed by atoms with Gasteiger partial charge in [0.2, 0.25) is 0 Å². The summed E-state index contributed by atoms with van der Waals surface area (Å²) in [5.41, 5.74) is -3.09. The first-order chi connectivity index (χ1) is 12.6. The zero-order valence-electron chi connectivity index (χ0n) is 19.5. The maximum atomic E-state index is 12.5. The van der Waals surface area contributed by atoms with E-state index in [4.69, 9.17) is 12.3 Å². The summed E-state index contributed by atoms with van der Waals surface area (Å²) in [6.07, 6.45) is 0. The van der Waals surface area contributed by atoms with Crippen molar-refractivity contribution >= 4 is 5.97 Å². The number of rotatable bonds is 5. The molecule has 0 aliphatic rings. The molecule has 2 atom stereocenters. The topological polar surface area (TPSA) is 58.6 Å². The van der Waals surface area contributed by atoms with Crippen LogP contribution in [0.5, 0.6) is 0 Å². The number of aliphatic hydroxyl groups is 1. The molecule has 0 amide bonds. The van der Waals surface area contributed by atoms with Gasteiger partial charge >= 0.3 is 5.97 Å². The smallest absolute Gasteiger partial charge is 0.323 e. The van der Waals surface area contributed by atoms with E-state index in [9.17, 15) is 9.90 Å². The molecule has 19 heavy (non-hydrogen) atoms. The van der Waals surface area contributed by atoms with Crippen LogP contribution in [0.3, 0.4) is 0 Å². The molecule has 1 rings (SSSR count). The molecule has 0 bridgehead atoms. The van der Waals surface area contributed by atoms with Gasteiger partial charge < -0.3 is 9.84 Å². The summed E-state index contributed by atoms with van der Waals surface area (Å²) < 4.78 is 74.4. The number of benzene rings is 1. The minimum atomic E-state index is -3.61. The third kappa shape index (κ3) is 4.33. The van der Waals surface area contributed by atoms with Crippen LogP contribution in [0.4, 0.5) is 0 Å². The second kappa shape index (κ2) is 6.68. The molecule has 0 radical (unpaired) electrons. The lowest BCUT2D eigenvalue weighted by atomic mass is 9.86. The van der Waals surface area contributed by atoms with Crippen molar-refractivity contribution in [2.45, 2.75) is 32.6 Å². The van der Waals surface area contributed by atoms with E-state index in [1.54, 1.807) is 30.3 Å². The standard InChI is InChI=1S/C15H23NO3/c1-15(2,3)13(14(18)19-4)16-12(10-17)11-8-6-5-7-9-11/h5-9,12-13,16-17H,10H2,1-4H3/t12-,13+/m0/s1/i1D3,2D3,3D3. The molecule has 0 fully saturated rings. The second-order valence-corrected chi connectivity index (χ2v) is 4.08. The first kappa shape index (κ1) is 6.86. The SMILES string of the molecule is [2H]C([2H])([2H])C([C@H](N[C@@H](CO)c1ccccc1)C(=O)OC)(C([2H])([2H])[2H])C([2H])([2H])[2H]. The van der Waals surface area contributed by atoms with Gasteiger partial charge in [0.05, 0.1) is 19.8 Å². The van der Waals surface area contributed by atoms with Gasteiger partial charge in [-0.15, -0.1) is 0 Å². The van der Waals surface area contributed by atoms with Gasteiger partial charge in [0.15, 0.2) is 0 Å². The van der Waals surface area contributed by atoms with E-state index in [0.29, 0.717) is 5.56 Å². The molecule has 4 nitrogen and oxygen atoms in total. The molecule has 0 heterocycles. The van der Waals surface area contributed by atoms with Crippen molar-refractivity contribution < 1.29 is 27.0 Å². The van der Waals surface area contributed by atoms with E-state index in [1.807, 2.05) is 0 Å². The van der Waals surface area contributed by atoms with Crippen LogP contribution in [-0.4, -0.2) is 30.8 Å². The number of hydrogen-bond acceptors (Lipinski definition) is 4. The molecular weight excluding hydrogens is 242 g/mol. The zero-order chi connectivity index (χ0) is 22.0. The molecule has 4 heteroatoms. The second-order valence-electron chi connectivity index (χ2n) is 4.08. The number of ether oxygens (including phenoxy) is 1. The maximum Gasteiger partial charge on any atom is 0.323 e. The molecule has 0 aliphatic carbocycles. The van der Waals surface area contributed by atoms with Crippen molar-refractivity contribution in [1.29, 1.82) is 0 Å². The van der Waals surface area contributed by atoms with Gasteiger partial charge in [-0.25, -0.2) is 0 Å². The molecule has 1 aromatic rings. The lowest BCUT2D eigenvalue weighted by molar-refractivity contribution is -0.146. The van der Waals surface area contributed by atoms with E-state index >= 15 is 0 Å². The number of methoxy groups -OCH3 is 1. The lowest BCUT2D eigenvalue weighted by Gasteiger charge is -2.32. The van der Waals surface area contributed by atoms with Crippen molar-refractivity contribution in [2.24, 2.45) is 5.41 Å². The van der Waals surface area contributed by atoms with Gasteiger partial charge in [0.25, 0.3) is 0 Å². The van der Waals surface area contributed by atoms with E-state index < -0.39 is 50.6 Å². The Morgan fingerprint density at radius 3 is 2.53 bits per heavy atom. The molecule has 0 aromatic heterocycles. The summed E-state index contributed by atoms with van der Waals surface area (Å²) in [6.45, 7) is -11.5. The summed E-state index contributed by atoms with van der Waals surface area (Å²) >= 11 is 0. The first-order valence-corrected chi connectivity index (χ1v) is 5.65. The average Bonchev–Trinajstić information content (AvgIpc) is 2.54. The number of carbonyl (C=O) groups is 1. The van der Waals surface area contributed by atoms with Crippen molar-refractivity contribution in [3.05, 3.63) is 35.9 Å². The number of aliphatic hydroxyl groups excluding tert-OH is 1. The van der Waals surface area contributed by atoms with Crippen molar-refractivity contribution in [2.75, 3.05) is 13.7 Å². The third-order valence-electron chi connectivity index (χ3n) is 2.62. The first-order valence-electron chi connectivity index (χ1n) is 10.1. The normalized spacial score (nSPS) is 23.8. The van der Waals surface area contributed by atoms with Crippen molar-refractivity contribution in [3.63, 3.8) is 0 Å². The number of esters is 1. The molecular formula is C15H23NO3. The minimum absolute atomic E-state index is 0.398. The van der Waals surface area contributed by atoms with Crippen molar-refractivity contribution in [3.8, 4) is 0 Å². The molecule has 0 unspecified atom stereocenters. The van der Waals surface area contributed by atoms with Gasteiger partial charge in [-0.3, -0.25) is 10.1 Å². The molecule has 0 spiro atoms. The molecule has 106 valence electrons. The minimum Gasteiger partial charge on any atom is -0.468 e. The summed E-state index contributed by atoms with van der Waals surface area (Å²) in [6, 6.07) is 4.58. The highest BCUT2D eigenvalue weighted by Crippen LogP contribution is 2.23. The summed E-state index contributed by atoms with van der Waals surface area (Å²) in [4.78, 5) is 12.5. The fraction of sp³-hybridized carbons (Fsp3) is 0.533. The van der Waals surface area contributed by atoms with Gasteiger partial charge in [-0.2, -0.15) is 0 Å². The van der Waals surface area contributed by atoms with Crippen LogP contribution in [0.25, 0.3) is 0 Å². The number of hydrogen-bond donors (Lipinski definition) is 2. The molecule has 0 aliphatic heterocycles.